The number of rotatable bonds is 5. The van der Waals surface area contributed by atoms with E-state index < -0.39 is 18.0 Å². The highest BCUT2D eigenvalue weighted by Gasteiger charge is 2.32. The van der Waals surface area contributed by atoms with Gasteiger partial charge < -0.3 is 19.9 Å². The minimum absolute atomic E-state index is 0.00333. The summed E-state index contributed by atoms with van der Waals surface area (Å²) in [5, 5.41) is 2.84. The molecule has 1 aromatic heterocycles. The Bertz CT molecular complexity index is 1050. The fourth-order valence-corrected chi connectivity index (χ4v) is 5.38. The first kappa shape index (κ1) is 23.6. The third kappa shape index (κ3) is 5.16. The highest BCUT2D eigenvalue weighted by atomic mass is 35.5. The van der Waals surface area contributed by atoms with Gasteiger partial charge in [-0.15, -0.1) is 11.8 Å². The SMILES string of the molecule is CCC1SCc2ncnc(N3CCN(C(=O)C(C)NC(=O)Oc4ccc(Cl)c(F)c4)CC3)c21. The number of hydrogen-bond acceptors (Lipinski definition) is 7. The number of anilines is 1. The molecule has 2 aliphatic rings. The Morgan fingerprint density at radius 1 is 1.30 bits per heavy atom. The largest absolute Gasteiger partial charge is 0.413 e. The van der Waals surface area contributed by atoms with Crippen molar-refractivity contribution in [3.63, 3.8) is 0 Å². The van der Waals surface area contributed by atoms with E-state index in [1.165, 1.54) is 17.7 Å². The van der Waals surface area contributed by atoms with Crippen LogP contribution in [0.1, 0.15) is 36.8 Å². The third-order valence-electron chi connectivity index (χ3n) is 5.76. The second-order valence-corrected chi connectivity index (χ2v) is 9.51. The molecule has 2 aromatic rings. The molecule has 4 rings (SSSR count). The lowest BCUT2D eigenvalue weighted by Gasteiger charge is -2.37. The summed E-state index contributed by atoms with van der Waals surface area (Å²) in [4.78, 5) is 37.9. The van der Waals surface area contributed by atoms with Gasteiger partial charge in [-0.2, -0.15) is 0 Å². The van der Waals surface area contributed by atoms with E-state index in [1.54, 1.807) is 18.2 Å². The Kier molecular flexibility index (Phi) is 7.23. The Morgan fingerprint density at radius 2 is 2.06 bits per heavy atom. The van der Waals surface area contributed by atoms with Crippen molar-refractivity contribution in [3.8, 4) is 5.75 Å². The first-order chi connectivity index (χ1) is 15.9. The van der Waals surface area contributed by atoms with Crippen molar-refractivity contribution in [3.05, 3.63) is 46.6 Å². The van der Waals surface area contributed by atoms with Crippen LogP contribution in [-0.4, -0.2) is 59.1 Å². The Hall–Kier alpha value is -2.59. The van der Waals surface area contributed by atoms with E-state index in [1.807, 2.05) is 11.8 Å². The zero-order valence-corrected chi connectivity index (χ0v) is 20.0. The number of nitrogens with one attached hydrogen (secondary N) is 1. The second-order valence-electron chi connectivity index (χ2n) is 7.91. The van der Waals surface area contributed by atoms with E-state index >= 15 is 0 Å². The molecule has 1 saturated heterocycles. The number of carbonyl (C=O) groups is 2. The van der Waals surface area contributed by atoms with Crippen molar-refractivity contribution in [2.24, 2.45) is 0 Å². The van der Waals surface area contributed by atoms with Crippen LogP contribution in [0.3, 0.4) is 0 Å². The van der Waals surface area contributed by atoms with Crippen molar-refractivity contribution in [1.29, 1.82) is 0 Å². The number of piperazine rings is 1. The first-order valence-corrected chi connectivity index (χ1v) is 12.2. The predicted molar refractivity (Wildman–Crippen MR) is 125 cm³/mol. The van der Waals surface area contributed by atoms with Crippen LogP contribution in [0.2, 0.25) is 5.02 Å². The van der Waals surface area contributed by atoms with Crippen molar-refractivity contribution < 1.29 is 18.7 Å². The quantitative estimate of drug-likeness (QED) is 0.677. The van der Waals surface area contributed by atoms with Crippen LogP contribution < -0.4 is 15.0 Å². The van der Waals surface area contributed by atoms with Crippen LogP contribution in [0.5, 0.6) is 5.75 Å². The fourth-order valence-electron chi connectivity index (χ4n) is 4.03. The maximum atomic E-state index is 13.5. The smallest absolute Gasteiger partial charge is 0.410 e. The zero-order valence-electron chi connectivity index (χ0n) is 18.4. The number of carbonyl (C=O) groups excluding carboxylic acids is 2. The van der Waals surface area contributed by atoms with Crippen molar-refractivity contribution in [1.82, 2.24) is 20.2 Å². The van der Waals surface area contributed by atoms with Crippen molar-refractivity contribution in [2.75, 3.05) is 31.1 Å². The number of hydrogen-bond donors (Lipinski definition) is 1. The topological polar surface area (TPSA) is 87.7 Å². The summed E-state index contributed by atoms with van der Waals surface area (Å²) in [6.07, 6.45) is 1.81. The van der Waals surface area contributed by atoms with Crippen LogP contribution in [-0.2, 0) is 10.5 Å². The number of aromatic nitrogens is 2. The van der Waals surface area contributed by atoms with Gasteiger partial charge in [0.25, 0.3) is 0 Å². The van der Waals surface area contributed by atoms with Crippen molar-refractivity contribution in [2.45, 2.75) is 37.3 Å². The lowest BCUT2D eigenvalue weighted by atomic mass is 10.1. The molecule has 176 valence electrons. The molecule has 3 heterocycles. The predicted octanol–water partition coefficient (Wildman–Crippen LogP) is 3.79. The molecule has 2 unspecified atom stereocenters. The zero-order chi connectivity index (χ0) is 23.5. The number of amides is 2. The van der Waals surface area contributed by atoms with Crippen molar-refractivity contribution >= 4 is 41.2 Å². The number of ether oxygens (including phenoxy) is 1. The summed E-state index contributed by atoms with van der Waals surface area (Å²) in [6.45, 7) is 6.10. The summed E-state index contributed by atoms with van der Waals surface area (Å²) in [6, 6.07) is 2.90. The Morgan fingerprint density at radius 3 is 2.76 bits per heavy atom. The minimum atomic E-state index is -0.837. The maximum absolute atomic E-state index is 13.5. The molecular formula is C22H25ClFN5O3S. The van der Waals surface area contributed by atoms with E-state index in [0.29, 0.717) is 31.4 Å². The lowest BCUT2D eigenvalue weighted by Crippen LogP contribution is -2.54. The summed E-state index contributed by atoms with van der Waals surface area (Å²) < 4.78 is 18.6. The van der Waals surface area contributed by atoms with Crippen LogP contribution >= 0.6 is 23.4 Å². The third-order valence-corrected chi connectivity index (χ3v) is 7.47. The van der Waals surface area contributed by atoms with E-state index in [-0.39, 0.29) is 16.7 Å². The van der Waals surface area contributed by atoms with Gasteiger partial charge in [0.1, 0.15) is 29.8 Å². The number of thioether (sulfide) groups is 1. The second kappa shape index (κ2) is 10.1. The molecular weight excluding hydrogens is 469 g/mol. The normalized spacial score (nSPS) is 18.6. The molecule has 0 saturated carbocycles. The summed E-state index contributed by atoms with van der Waals surface area (Å²) in [5.74, 6) is 0.979. The van der Waals surface area contributed by atoms with Gasteiger partial charge in [-0.1, -0.05) is 18.5 Å². The van der Waals surface area contributed by atoms with Gasteiger partial charge in [0.05, 0.1) is 10.7 Å². The summed E-state index contributed by atoms with van der Waals surface area (Å²) in [7, 11) is 0. The molecule has 1 N–H and O–H groups in total. The highest BCUT2D eigenvalue weighted by molar-refractivity contribution is 7.99. The number of halogens is 2. The Labute approximate surface area is 200 Å². The van der Waals surface area contributed by atoms with Crippen LogP contribution in [0.15, 0.2) is 24.5 Å². The molecule has 2 aliphatic heterocycles. The van der Waals surface area contributed by atoms with Gasteiger partial charge in [0, 0.05) is 48.8 Å². The number of benzene rings is 1. The average Bonchev–Trinajstić information content (AvgIpc) is 3.24. The first-order valence-electron chi connectivity index (χ1n) is 10.8. The molecule has 11 heteroatoms. The molecule has 1 fully saturated rings. The maximum Gasteiger partial charge on any atom is 0.413 e. The average molecular weight is 494 g/mol. The number of fused-ring (bicyclic) bond motifs is 1. The van der Waals surface area contributed by atoms with Gasteiger partial charge in [-0.3, -0.25) is 4.79 Å². The van der Waals surface area contributed by atoms with Gasteiger partial charge in [-0.05, 0) is 25.5 Å². The van der Waals surface area contributed by atoms with E-state index in [9.17, 15) is 14.0 Å². The molecule has 0 radical (unpaired) electrons. The van der Waals surface area contributed by atoms with Gasteiger partial charge >= 0.3 is 6.09 Å². The van der Waals surface area contributed by atoms with Gasteiger partial charge in [0.15, 0.2) is 0 Å². The van der Waals surface area contributed by atoms with Crippen LogP contribution in [0.25, 0.3) is 0 Å². The molecule has 0 aliphatic carbocycles. The Balaban J connectivity index is 1.32. The minimum Gasteiger partial charge on any atom is -0.410 e. The molecule has 8 nitrogen and oxygen atoms in total. The van der Waals surface area contributed by atoms with Gasteiger partial charge in [-0.25, -0.2) is 19.2 Å². The fraction of sp³-hybridized carbons (Fsp3) is 0.455. The standard InChI is InChI=1S/C22H25ClFN5O3S/c1-3-18-19-17(11-33-18)25-12-26-20(19)28-6-8-29(9-7-28)21(30)13(2)27-22(31)32-14-4-5-15(23)16(24)10-14/h4-5,10,12-13,18H,3,6-9,11H2,1-2H3,(H,27,31). The molecule has 2 amide bonds. The molecule has 0 spiro atoms. The number of nitrogens with zero attached hydrogens (tertiary/aromatic N) is 4. The molecule has 33 heavy (non-hydrogen) atoms. The molecule has 0 bridgehead atoms. The lowest BCUT2D eigenvalue weighted by molar-refractivity contribution is -0.133. The highest BCUT2D eigenvalue weighted by Crippen LogP contribution is 2.46. The summed E-state index contributed by atoms with van der Waals surface area (Å²) >= 11 is 7.52. The van der Waals surface area contributed by atoms with Gasteiger partial charge in [0.2, 0.25) is 5.91 Å². The van der Waals surface area contributed by atoms with E-state index in [4.69, 9.17) is 16.3 Å². The monoisotopic (exact) mass is 493 g/mol. The van der Waals surface area contributed by atoms with E-state index in [2.05, 4.69) is 27.1 Å². The van der Waals surface area contributed by atoms with Crippen LogP contribution in [0.4, 0.5) is 15.0 Å². The van der Waals surface area contributed by atoms with Crippen LogP contribution in [0, 0.1) is 5.82 Å². The van der Waals surface area contributed by atoms with E-state index in [0.717, 1.165) is 29.8 Å². The molecule has 1 aromatic carbocycles. The molecule has 2 atom stereocenters. The summed E-state index contributed by atoms with van der Waals surface area (Å²) in [5.41, 5.74) is 2.33.